The van der Waals surface area contributed by atoms with E-state index in [1.54, 1.807) is 0 Å². The number of fused-ring (bicyclic) bond motifs is 1. The number of oxazole rings is 1. The molecule has 1 amide bonds. The lowest BCUT2D eigenvalue weighted by atomic mass is 9.87. The highest BCUT2D eigenvalue weighted by Crippen LogP contribution is 2.29. The summed E-state index contributed by atoms with van der Waals surface area (Å²) >= 11 is 3.45. The van der Waals surface area contributed by atoms with Gasteiger partial charge in [-0.15, -0.1) is 0 Å². The van der Waals surface area contributed by atoms with Crippen LogP contribution in [0.2, 0.25) is 0 Å². The normalized spacial score (nSPS) is 21.0. The maximum Gasteiger partial charge on any atom is 0.295 e. The number of nitrogens with one attached hydrogen (secondary N) is 2. The average Bonchev–Trinajstić information content (AvgIpc) is 2.81. The summed E-state index contributed by atoms with van der Waals surface area (Å²) in [5.74, 6) is 0.145. The molecule has 1 saturated carbocycles. The van der Waals surface area contributed by atoms with Crippen LogP contribution >= 0.6 is 15.9 Å². The number of benzene rings is 1. The number of amides is 1. The average molecular weight is 352 g/mol. The van der Waals surface area contributed by atoms with Crippen molar-refractivity contribution < 1.29 is 9.21 Å². The third kappa shape index (κ3) is 3.20. The molecule has 1 aromatic heterocycles. The molecule has 0 aliphatic heterocycles. The Kier molecular flexibility index (Phi) is 4.14. The van der Waals surface area contributed by atoms with E-state index in [0.29, 0.717) is 18.5 Å². The maximum atomic E-state index is 11.5. The molecule has 2 N–H and O–H groups in total. The quantitative estimate of drug-likeness (QED) is 0.865. The first kappa shape index (κ1) is 14.4. The van der Waals surface area contributed by atoms with Crippen LogP contribution in [0.3, 0.4) is 0 Å². The lowest BCUT2D eigenvalue weighted by molar-refractivity contribution is -0.122. The minimum Gasteiger partial charge on any atom is -0.422 e. The molecule has 0 spiro atoms. The zero-order chi connectivity index (χ0) is 14.8. The summed E-state index contributed by atoms with van der Waals surface area (Å²) in [4.78, 5) is 15.9. The van der Waals surface area contributed by atoms with E-state index >= 15 is 0 Å². The fraction of sp³-hybridized carbons (Fsp3) is 0.467. The van der Waals surface area contributed by atoms with E-state index < -0.39 is 0 Å². The number of para-hydroxylation sites is 1. The van der Waals surface area contributed by atoms with Crippen LogP contribution in [0.4, 0.5) is 6.01 Å². The topological polar surface area (TPSA) is 67.2 Å². The molecule has 21 heavy (non-hydrogen) atoms. The second kappa shape index (κ2) is 6.05. The first-order valence-corrected chi connectivity index (χ1v) is 8.06. The molecule has 1 fully saturated rings. The van der Waals surface area contributed by atoms with Gasteiger partial charge in [-0.1, -0.05) is 13.0 Å². The summed E-state index contributed by atoms with van der Waals surface area (Å²) in [5, 5.41) is 6.31. The second-order valence-electron chi connectivity index (χ2n) is 5.43. The van der Waals surface area contributed by atoms with Crippen molar-refractivity contribution >= 4 is 39.0 Å². The van der Waals surface area contributed by atoms with Crippen molar-refractivity contribution in [3.8, 4) is 0 Å². The molecule has 1 aliphatic carbocycles. The molecule has 0 saturated heterocycles. The highest BCUT2D eigenvalue weighted by atomic mass is 79.9. The monoisotopic (exact) mass is 351 g/mol. The molecule has 2 aromatic rings. The number of hydrogen-bond donors (Lipinski definition) is 2. The lowest BCUT2D eigenvalue weighted by Gasteiger charge is -2.35. The summed E-state index contributed by atoms with van der Waals surface area (Å²) in [6, 6.07) is 6.91. The van der Waals surface area contributed by atoms with Crippen LogP contribution in [0.25, 0.3) is 11.1 Å². The molecule has 0 radical (unpaired) electrons. The summed E-state index contributed by atoms with van der Waals surface area (Å²) in [5.41, 5.74) is 1.59. The van der Waals surface area contributed by atoms with E-state index in [0.717, 1.165) is 34.8 Å². The molecule has 1 heterocycles. The highest BCUT2D eigenvalue weighted by molar-refractivity contribution is 9.10. The van der Waals surface area contributed by atoms with Crippen molar-refractivity contribution in [2.75, 3.05) is 5.32 Å². The van der Waals surface area contributed by atoms with E-state index in [1.165, 1.54) is 0 Å². The van der Waals surface area contributed by atoms with Gasteiger partial charge in [0.1, 0.15) is 5.52 Å². The molecule has 0 atom stereocenters. The smallest absolute Gasteiger partial charge is 0.295 e. The van der Waals surface area contributed by atoms with Crippen LogP contribution in [-0.2, 0) is 4.79 Å². The van der Waals surface area contributed by atoms with Gasteiger partial charge in [-0.3, -0.25) is 4.79 Å². The van der Waals surface area contributed by atoms with Gasteiger partial charge in [0.15, 0.2) is 5.58 Å². The third-order valence-electron chi connectivity index (χ3n) is 3.67. The van der Waals surface area contributed by atoms with Crippen LogP contribution in [0.5, 0.6) is 0 Å². The Morgan fingerprint density at radius 2 is 2.24 bits per heavy atom. The van der Waals surface area contributed by atoms with Gasteiger partial charge < -0.3 is 15.1 Å². The van der Waals surface area contributed by atoms with Crippen molar-refractivity contribution in [1.29, 1.82) is 0 Å². The molecule has 1 aliphatic rings. The minimum absolute atomic E-state index is 0.145. The molecular formula is C15H18BrN3O2. The van der Waals surface area contributed by atoms with Gasteiger partial charge in [0.25, 0.3) is 6.01 Å². The number of nitrogens with zero attached hydrogens (tertiary/aromatic N) is 1. The Hall–Kier alpha value is -1.56. The minimum atomic E-state index is 0.145. The SMILES string of the molecule is CCCC(=O)NC1CC(Nc2nc3cccc(Br)c3o2)C1. The molecule has 0 unspecified atom stereocenters. The van der Waals surface area contributed by atoms with E-state index in [2.05, 4.69) is 31.5 Å². The number of aromatic nitrogens is 1. The molecule has 112 valence electrons. The number of carbonyl (C=O) groups excluding carboxylic acids is 1. The number of hydrogen-bond acceptors (Lipinski definition) is 4. The van der Waals surface area contributed by atoms with E-state index in [4.69, 9.17) is 4.42 Å². The predicted molar refractivity (Wildman–Crippen MR) is 85.2 cm³/mol. The molecule has 1 aromatic carbocycles. The molecule has 5 nitrogen and oxygen atoms in total. The number of carbonyl (C=O) groups is 1. The van der Waals surface area contributed by atoms with Crippen molar-refractivity contribution in [2.45, 2.75) is 44.7 Å². The first-order valence-electron chi connectivity index (χ1n) is 7.26. The molecular weight excluding hydrogens is 334 g/mol. The zero-order valence-electron chi connectivity index (χ0n) is 11.9. The lowest BCUT2D eigenvalue weighted by Crippen LogP contribution is -2.49. The van der Waals surface area contributed by atoms with Crippen LogP contribution < -0.4 is 10.6 Å². The van der Waals surface area contributed by atoms with E-state index in [-0.39, 0.29) is 11.9 Å². The van der Waals surface area contributed by atoms with Gasteiger partial charge in [-0.05, 0) is 47.3 Å². The molecule has 6 heteroatoms. The number of rotatable bonds is 5. The van der Waals surface area contributed by atoms with Gasteiger partial charge in [0.2, 0.25) is 5.91 Å². The standard InChI is InChI=1S/C15H18BrN3O2/c1-2-4-13(20)17-9-7-10(8-9)18-15-19-12-6-3-5-11(16)14(12)21-15/h3,5-6,9-10H,2,4,7-8H2,1H3,(H,17,20)(H,18,19). The Labute approximate surface area is 131 Å². The Morgan fingerprint density at radius 1 is 1.43 bits per heavy atom. The number of anilines is 1. The van der Waals surface area contributed by atoms with Crippen molar-refractivity contribution in [2.24, 2.45) is 0 Å². The summed E-state index contributed by atoms with van der Waals surface area (Å²) in [6.45, 7) is 2.01. The van der Waals surface area contributed by atoms with Gasteiger partial charge in [-0.2, -0.15) is 4.98 Å². The van der Waals surface area contributed by atoms with Crippen molar-refractivity contribution in [1.82, 2.24) is 10.3 Å². The predicted octanol–water partition coefficient (Wildman–Crippen LogP) is 3.45. The Bertz CT molecular complexity index is 649. The summed E-state index contributed by atoms with van der Waals surface area (Å²) in [6.07, 6.45) is 3.32. The summed E-state index contributed by atoms with van der Waals surface area (Å²) in [7, 11) is 0. The Balaban J connectivity index is 1.54. The van der Waals surface area contributed by atoms with Crippen LogP contribution in [0.1, 0.15) is 32.6 Å². The van der Waals surface area contributed by atoms with Crippen LogP contribution in [0, 0.1) is 0 Å². The third-order valence-corrected chi connectivity index (χ3v) is 4.30. The molecule has 0 bridgehead atoms. The van der Waals surface area contributed by atoms with Gasteiger partial charge in [0.05, 0.1) is 4.47 Å². The van der Waals surface area contributed by atoms with Crippen molar-refractivity contribution in [3.05, 3.63) is 22.7 Å². The first-order chi connectivity index (χ1) is 10.2. The van der Waals surface area contributed by atoms with Gasteiger partial charge in [-0.25, -0.2) is 0 Å². The maximum absolute atomic E-state index is 11.5. The van der Waals surface area contributed by atoms with E-state index in [1.807, 2.05) is 25.1 Å². The zero-order valence-corrected chi connectivity index (χ0v) is 13.4. The second-order valence-corrected chi connectivity index (χ2v) is 6.29. The van der Waals surface area contributed by atoms with Crippen molar-refractivity contribution in [3.63, 3.8) is 0 Å². The van der Waals surface area contributed by atoms with Crippen LogP contribution in [-0.4, -0.2) is 23.0 Å². The fourth-order valence-electron chi connectivity index (χ4n) is 2.53. The fourth-order valence-corrected chi connectivity index (χ4v) is 2.97. The Morgan fingerprint density at radius 3 is 2.95 bits per heavy atom. The van der Waals surface area contributed by atoms with Gasteiger partial charge >= 0.3 is 0 Å². The van der Waals surface area contributed by atoms with E-state index in [9.17, 15) is 4.79 Å². The highest BCUT2D eigenvalue weighted by Gasteiger charge is 2.31. The molecule has 3 rings (SSSR count). The largest absolute Gasteiger partial charge is 0.422 e. The van der Waals surface area contributed by atoms with Gasteiger partial charge in [0, 0.05) is 18.5 Å². The summed E-state index contributed by atoms with van der Waals surface area (Å²) < 4.78 is 6.61. The van der Waals surface area contributed by atoms with Crippen LogP contribution in [0.15, 0.2) is 27.1 Å². The number of halogens is 1.